The summed E-state index contributed by atoms with van der Waals surface area (Å²) >= 11 is 4.40. The van der Waals surface area contributed by atoms with Crippen LogP contribution in [0, 0.1) is 5.82 Å². The van der Waals surface area contributed by atoms with Gasteiger partial charge in [-0.1, -0.05) is 19.1 Å². The van der Waals surface area contributed by atoms with Gasteiger partial charge in [0.25, 0.3) is 10.0 Å². The monoisotopic (exact) mass is 377 g/mol. The third-order valence-corrected chi connectivity index (χ3v) is 7.33. The number of halogens is 2. The van der Waals surface area contributed by atoms with Gasteiger partial charge in [0.15, 0.2) is 0 Å². The highest BCUT2D eigenvalue weighted by Gasteiger charge is 2.26. The van der Waals surface area contributed by atoms with Gasteiger partial charge in [0.2, 0.25) is 0 Å². The summed E-state index contributed by atoms with van der Waals surface area (Å²) in [7, 11) is -3.57. The number of benzene rings is 1. The molecular weight excluding hydrogens is 365 g/mol. The average molecular weight is 378 g/mol. The first-order chi connectivity index (χ1) is 9.45. The van der Waals surface area contributed by atoms with E-state index in [-0.39, 0.29) is 16.6 Å². The zero-order valence-corrected chi connectivity index (χ0v) is 13.9. The molecule has 0 spiro atoms. The molecule has 0 N–H and O–H groups in total. The van der Waals surface area contributed by atoms with E-state index in [1.54, 1.807) is 30.5 Å². The Bertz CT molecular complexity index is 700. The Hall–Kier alpha value is -0.760. The van der Waals surface area contributed by atoms with E-state index in [9.17, 15) is 12.8 Å². The van der Waals surface area contributed by atoms with E-state index in [0.29, 0.717) is 16.6 Å². The van der Waals surface area contributed by atoms with Gasteiger partial charge in [0.05, 0.1) is 0 Å². The normalized spacial score (nSPS) is 12.0. The first-order valence-corrected chi connectivity index (χ1v) is 9.04. The highest BCUT2D eigenvalue weighted by atomic mass is 79.9. The first kappa shape index (κ1) is 15.6. The summed E-state index contributed by atoms with van der Waals surface area (Å²) in [5, 5.41) is 1.72. The Kier molecular flexibility index (Phi) is 4.95. The second-order valence-electron chi connectivity index (χ2n) is 4.12. The van der Waals surface area contributed by atoms with Crippen molar-refractivity contribution in [2.24, 2.45) is 0 Å². The lowest BCUT2D eigenvalue weighted by molar-refractivity contribution is 0.423. The summed E-state index contributed by atoms with van der Waals surface area (Å²) < 4.78 is 40.4. The third-order valence-electron chi connectivity index (χ3n) is 2.76. The molecule has 0 aliphatic rings. The van der Waals surface area contributed by atoms with Crippen molar-refractivity contribution in [2.75, 3.05) is 6.54 Å². The summed E-state index contributed by atoms with van der Waals surface area (Å²) in [5.74, 6) is -0.367. The molecular formula is C13H13BrFNO2S2. The van der Waals surface area contributed by atoms with Crippen LogP contribution in [0.1, 0.15) is 12.5 Å². The van der Waals surface area contributed by atoms with Crippen molar-refractivity contribution in [3.63, 3.8) is 0 Å². The molecule has 0 radical (unpaired) electrons. The van der Waals surface area contributed by atoms with Crippen LogP contribution >= 0.6 is 27.3 Å². The van der Waals surface area contributed by atoms with Gasteiger partial charge in [-0.3, -0.25) is 0 Å². The van der Waals surface area contributed by atoms with Gasteiger partial charge in [-0.05, 0) is 45.1 Å². The largest absolute Gasteiger partial charge is 0.253 e. The van der Waals surface area contributed by atoms with Gasteiger partial charge >= 0.3 is 0 Å². The lowest BCUT2D eigenvalue weighted by Crippen LogP contribution is -2.30. The smallest absolute Gasteiger partial charge is 0.207 e. The van der Waals surface area contributed by atoms with Crippen molar-refractivity contribution in [2.45, 2.75) is 17.7 Å². The molecule has 1 heterocycles. The maximum absolute atomic E-state index is 13.2. The van der Waals surface area contributed by atoms with Crippen LogP contribution in [0.2, 0.25) is 0 Å². The molecule has 0 bridgehead atoms. The van der Waals surface area contributed by atoms with E-state index in [0.717, 1.165) is 11.3 Å². The van der Waals surface area contributed by atoms with Crippen molar-refractivity contribution in [1.82, 2.24) is 4.31 Å². The van der Waals surface area contributed by atoms with Crippen LogP contribution in [0.3, 0.4) is 0 Å². The fourth-order valence-electron chi connectivity index (χ4n) is 1.79. The Morgan fingerprint density at radius 3 is 2.65 bits per heavy atom. The molecule has 2 aromatic rings. The molecule has 3 nitrogen and oxygen atoms in total. The number of sulfonamides is 1. The lowest BCUT2D eigenvalue weighted by atomic mass is 10.2. The van der Waals surface area contributed by atoms with Crippen LogP contribution in [0.15, 0.2) is 44.4 Å². The van der Waals surface area contributed by atoms with Crippen LogP contribution in [0.25, 0.3) is 0 Å². The van der Waals surface area contributed by atoms with Gasteiger partial charge in [0.1, 0.15) is 10.0 Å². The van der Waals surface area contributed by atoms with Gasteiger partial charge in [0, 0.05) is 17.6 Å². The average Bonchev–Trinajstić information content (AvgIpc) is 2.83. The number of hydrogen-bond donors (Lipinski definition) is 0. The van der Waals surface area contributed by atoms with E-state index in [1.807, 2.05) is 0 Å². The number of thiophene rings is 1. The van der Waals surface area contributed by atoms with E-state index in [4.69, 9.17) is 0 Å². The van der Waals surface area contributed by atoms with Gasteiger partial charge in [-0.15, -0.1) is 11.3 Å². The fraction of sp³-hybridized carbons (Fsp3) is 0.231. The van der Waals surface area contributed by atoms with Gasteiger partial charge in [-0.25, -0.2) is 12.8 Å². The highest BCUT2D eigenvalue weighted by Crippen LogP contribution is 2.30. The first-order valence-electron chi connectivity index (χ1n) is 5.92. The van der Waals surface area contributed by atoms with E-state index in [1.165, 1.54) is 16.4 Å². The molecule has 0 saturated carbocycles. The third kappa shape index (κ3) is 3.28. The fourth-order valence-corrected chi connectivity index (χ4v) is 5.67. The predicted octanol–water partition coefficient (Wildman–Crippen LogP) is 3.86. The molecule has 1 aromatic carbocycles. The number of nitrogens with zero attached hydrogens (tertiary/aromatic N) is 1. The maximum Gasteiger partial charge on any atom is 0.253 e. The Balaban J connectivity index is 2.31. The minimum atomic E-state index is -3.57. The second-order valence-corrected chi connectivity index (χ2v) is 8.02. The minimum Gasteiger partial charge on any atom is -0.207 e. The maximum atomic E-state index is 13.2. The standard InChI is InChI=1S/C13H13BrFNO2S2/c1-2-16(9-10-4-3-5-11(15)8-10)20(17,18)13-12(14)6-7-19-13/h3-8H,2,9H2,1H3. The molecule has 0 amide bonds. The van der Waals surface area contributed by atoms with Gasteiger partial charge in [-0.2, -0.15) is 4.31 Å². The summed E-state index contributed by atoms with van der Waals surface area (Å²) in [5.41, 5.74) is 0.628. The number of rotatable bonds is 5. The van der Waals surface area contributed by atoms with Crippen LogP contribution in [-0.4, -0.2) is 19.3 Å². The minimum absolute atomic E-state index is 0.154. The molecule has 0 fully saturated rings. The molecule has 0 aliphatic carbocycles. The van der Waals surface area contributed by atoms with Crippen molar-refractivity contribution >= 4 is 37.3 Å². The van der Waals surface area contributed by atoms with E-state index in [2.05, 4.69) is 15.9 Å². The van der Waals surface area contributed by atoms with E-state index < -0.39 is 10.0 Å². The van der Waals surface area contributed by atoms with Crippen LogP contribution in [0.4, 0.5) is 4.39 Å². The molecule has 0 saturated heterocycles. The molecule has 20 heavy (non-hydrogen) atoms. The Morgan fingerprint density at radius 1 is 1.35 bits per heavy atom. The zero-order valence-electron chi connectivity index (χ0n) is 10.7. The quantitative estimate of drug-likeness (QED) is 0.793. The molecule has 2 rings (SSSR count). The topological polar surface area (TPSA) is 37.4 Å². The van der Waals surface area contributed by atoms with Crippen molar-refractivity contribution < 1.29 is 12.8 Å². The SMILES string of the molecule is CCN(Cc1cccc(F)c1)S(=O)(=O)c1sccc1Br. The Morgan fingerprint density at radius 2 is 2.10 bits per heavy atom. The molecule has 0 unspecified atom stereocenters. The summed E-state index contributed by atoms with van der Waals surface area (Å²) in [6, 6.07) is 7.68. The molecule has 7 heteroatoms. The summed E-state index contributed by atoms with van der Waals surface area (Å²) in [6.07, 6.45) is 0. The van der Waals surface area contributed by atoms with Crippen LogP contribution < -0.4 is 0 Å². The number of hydrogen-bond acceptors (Lipinski definition) is 3. The predicted molar refractivity (Wildman–Crippen MR) is 81.7 cm³/mol. The van der Waals surface area contributed by atoms with Crippen LogP contribution in [-0.2, 0) is 16.6 Å². The zero-order chi connectivity index (χ0) is 14.8. The Labute approximate surface area is 130 Å². The van der Waals surface area contributed by atoms with Crippen molar-refractivity contribution in [3.8, 4) is 0 Å². The highest BCUT2D eigenvalue weighted by molar-refractivity contribution is 9.10. The van der Waals surface area contributed by atoms with Crippen molar-refractivity contribution in [3.05, 3.63) is 51.6 Å². The second kappa shape index (κ2) is 6.34. The van der Waals surface area contributed by atoms with Crippen LogP contribution in [0.5, 0.6) is 0 Å². The molecule has 108 valence electrons. The van der Waals surface area contributed by atoms with E-state index >= 15 is 0 Å². The van der Waals surface area contributed by atoms with Gasteiger partial charge < -0.3 is 0 Å². The summed E-state index contributed by atoms with van der Waals surface area (Å²) in [4.78, 5) is 0. The van der Waals surface area contributed by atoms with Crippen molar-refractivity contribution in [1.29, 1.82) is 0 Å². The molecule has 0 atom stereocenters. The molecule has 1 aromatic heterocycles. The lowest BCUT2D eigenvalue weighted by Gasteiger charge is -2.20. The molecule has 0 aliphatic heterocycles. The summed E-state index contributed by atoms with van der Waals surface area (Å²) in [6.45, 7) is 2.24.